The third kappa shape index (κ3) is 2.18. The molecule has 4 heteroatoms. The minimum absolute atomic E-state index is 0.687. The quantitative estimate of drug-likeness (QED) is 0.516. The summed E-state index contributed by atoms with van der Waals surface area (Å²) < 4.78 is 6.11. The van der Waals surface area contributed by atoms with Crippen LogP contribution in [0.5, 0.6) is 0 Å². The maximum atomic E-state index is 6.11. The summed E-state index contributed by atoms with van der Waals surface area (Å²) in [6.07, 6.45) is 5.98. The second-order valence-corrected chi connectivity index (χ2v) is 6.28. The second-order valence-electron chi connectivity index (χ2n) is 6.28. The Balaban J connectivity index is 1.61. The maximum absolute atomic E-state index is 6.11. The molecule has 0 aliphatic carbocycles. The summed E-state index contributed by atoms with van der Waals surface area (Å²) in [5.41, 5.74) is 5.05. The minimum atomic E-state index is 0.687. The van der Waals surface area contributed by atoms with Gasteiger partial charge in [0, 0.05) is 35.1 Å². The zero-order valence-corrected chi connectivity index (χ0v) is 13.9. The number of benzene rings is 2. The van der Waals surface area contributed by atoms with E-state index in [0.717, 1.165) is 28.7 Å². The smallest absolute Gasteiger partial charge is 0.227 e. The fraction of sp³-hybridized carbons (Fsp3) is 0.0952. The third-order valence-corrected chi connectivity index (χ3v) is 4.70. The molecule has 1 aliphatic heterocycles. The molecule has 5 rings (SSSR count). The van der Waals surface area contributed by atoms with Crippen molar-refractivity contribution >= 4 is 33.4 Å². The molecular formula is C21H17N3O. The number of rotatable bonds is 2. The average molecular weight is 327 g/mol. The number of pyridine rings is 1. The topological polar surface area (TPSA) is 32.5 Å². The Morgan fingerprint density at radius 3 is 2.60 bits per heavy atom. The summed E-state index contributed by atoms with van der Waals surface area (Å²) >= 11 is 0. The van der Waals surface area contributed by atoms with Crippen molar-refractivity contribution in [3.8, 4) is 0 Å². The van der Waals surface area contributed by atoms with Gasteiger partial charge in [0.15, 0.2) is 5.58 Å². The van der Waals surface area contributed by atoms with Gasteiger partial charge in [0.25, 0.3) is 0 Å². The molecule has 3 heterocycles. The molecule has 0 N–H and O–H groups in total. The summed E-state index contributed by atoms with van der Waals surface area (Å²) in [4.78, 5) is 8.82. The molecule has 0 amide bonds. The third-order valence-electron chi connectivity index (χ3n) is 4.70. The summed E-state index contributed by atoms with van der Waals surface area (Å²) in [6, 6.07) is 18.7. The molecule has 0 bridgehead atoms. The van der Waals surface area contributed by atoms with E-state index in [1.165, 1.54) is 11.3 Å². The van der Waals surface area contributed by atoms with Gasteiger partial charge in [0.05, 0.1) is 12.4 Å². The molecule has 0 unspecified atom stereocenters. The zero-order chi connectivity index (χ0) is 16.8. The van der Waals surface area contributed by atoms with Gasteiger partial charge in [-0.15, -0.1) is 0 Å². The number of para-hydroxylation sites is 1. The molecule has 4 aromatic rings. The van der Waals surface area contributed by atoms with Crippen LogP contribution in [0.3, 0.4) is 0 Å². The fourth-order valence-corrected chi connectivity index (χ4v) is 3.47. The van der Waals surface area contributed by atoms with Crippen molar-refractivity contribution in [2.75, 3.05) is 16.5 Å². The number of fused-ring (bicyclic) bond motifs is 3. The van der Waals surface area contributed by atoms with Gasteiger partial charge >= 0.3 is 0 Å². The van der Waals surface area contributed by atoms with E-state index in [4.69, 9.17) is 4.42 Å². The lowest BCUT2D eigenvalue weighted by Gasteiger charge is -2.22. The summed E-state index contributed by atoms with van der Waals surface area (Å²) in [7, 11) is 0. The number of hydrogen-bond donors (Lipinski definition) is 0. The largest absolute Gasteiger partial charge is 0.435 e. The highest BCUT2D eigenvalue weighted by Gasteiger charge is 2.22. The second kappa shape index (κ2) is 5.38. The molecule has 0 radical (unpaired) electrons. The Kier molecular flexibility index (Phi) is 3.04. The van der Waals surface area contributed by atoms with Crippen molar-refractivity contribution in [2.24, 2.45) is 0 Å². The first-order valence-corrected chi connectivity index (χ1v) is 8.35. The predicted molar refractivity (Wildman–Crippen MR) is 102 cm³/mol. The Hall–Kier alpha value is -3.27. The fourth-order valence-electron chi connectivity index (χ4n) is 3.47. The molecule has 4 nitrogen and oxygen atoms in total. The summed E-state index contributed by atoms with van der Waals surface area (Å²) in [6.45, 7) is 2.88. The Bertz CT molecular complexity index is 1100. The SMILES string of the molecule is Cc1ccc2c(oc3ncccc32)c1N1C=CN(c2ccccc2)C1. The van der Waals surface area contributed by atoms with E-state index in [9.17, 15) is 0 Å². The Morgan fingerprint density at radius 2 is 1.72 bits per heavy atom. The van der Waals surface area contributed by atoms with Crippen molar-refractivity contribution < 1.29 is 4.42 Å². The van der Waals surface area contributed by atoms with Gasteiger partial charge in [0.2, 0.25) is 5.71 Å². The van der Waals surface area contributed by atoms with Crippen LogP contribution in [0.4, 0.5) is 11.4 Å². The van der Waals surface area contributed by atoms with Crippen molar-refractivity contribution in [1.29, 1.82) is 0 Å². The minimum Gasteiger partial charge on any atom is -0.435 e. The molecule has 0 fully saturated rings. The van der Waals surface area contributed by atoms with Gasteiger partial charge in [0.1, 0.15) is 0 Å². The van der Waals surface area contributed by atoms with Crippen molar-refractivity contribution in [3.05, 3.63) is 78.8 Å². The molecule has 122 valence electrons. The van der Waals surface area contributed by atoms with Crippen molar-refractivity contribution in [2.45, 2.75) is 6.92 Å². The lowest BCUT2D eigenvalue weighted by molar-refractivity contribution is 0.653. The Morgan fingerprint density at radius 1 is 0.880 bits per heavy atom. The van der Waals surface area contributed by atoms with Gasteiger partial charge in [-0.05, 0) is 36.8 Å². The van der Waals surface area contributed by atoms with E-state index >= 15 is 0 Å². The highest BCUT2D eigenvalue weighted by molar-refractivity contribution is 6.08. The standard InChI is InChI=1S/C21H17N3O/c1-15-9-10-17-18-8-5-11-22-21(18)25-20(17)19(15)24-13-12-23(14-24)16-6-3-2-4-7-16/h2-13H,14H2,1H3. The number of furan rings is 1. The van der Waals surface area contributed by atoms with Crippen LogP contribution in [-0.2, 0) is 0 Å². The van der Waals surface area contributed by atoms with E-state index in [1.54, 1.807) is 6.20 Å². The van der Waals surface area contributed by atoms with Gasteiger partial charge < -0.3 is 14.2 Å². The van der Waals surface area contributed by atoms with Gasteiger partial charge in [-0.2, -0.15) is 0 Å². The van der Waals surface area contributed by atoms with Crippen molar-refractivity contribution in [3.63, 3.8) is 0 Å². The first-order chi connectivity index (χ1) is 12.3. The average Bonchev–Trinajstić information content (AvgIpc) is 3.27. The first-order valence-electron chi connectivity index (χ1n) is 8.35. The van der Waals surface area contributed by atoms with Crippen LogP contribution >= 0.6 is 0 Å². The van der Waals surface area contributed by atoms with E-state index in [1.807, 2.05) is 12.1 Å². The molecular weight excluding hydrogens is 310 g/mol. The lowest BCUT2D eigenvalue weighted by Crippen LogP contribution is -2.25. The van der Waals surface area contributed by atoms with Crippen LogP contribution in [0.1, 0.15) is 5.56 Å². The van der Waals surface area contributed by atoms with Crippen LogP contribution in [-0.4, -0.2) is 11.7 Å². The van der Waals surface area contributed by atoms with Gasteiger partial charge in [-0.3, -0.25) is 0 Å². The van der Waals surface area contributed by atoms with Crippen LogP contribution in [0, 0.1) is 6.92 Å². The maximum Gasteiger partial charge on any atom is 0.227 e. The number of hydrogen-bond acceptors (Lipinski definition) is 4. The summed E-state index contributed by atoms with van der Waals surface area (Å²) in [5.74, 6) is 0. The van der Waals surface area contributed by atoms with Crippen LogP contribution in [0.25, 0.3) is 22.1 Å². The van der Waals surface area contributed by atoms with E-state index in [-0.39, 0.29) is 0 Å². The highest BCUT2D eigenvalue weighted by atomic mass is 16.3. The number of anilines is 2. The zero-order valence-electron chi connectivity index (χ0n) is 13.9. The predicted octanol–water partition coefficient (Wildman–Crippen LogP) is 5.04. The molecule has 0 saturated heterocycles. The molecule has 0 atom stereocenters. The molecule has 0 saturated carbocycles. The summed E-state index contributed by atoms with van der Waals surface area (Å²) in [5, 5.41) is 2.16. The van der Waals surface area contributed by atoms with Crippen LogP contribution in [0.2, 0.25) is 0 Å². The number of aryl methyl sites for hydroxylation is 1. The van der Waals surface area contributed by atoms with E-state index in [0.29, 0.717) is 5.71 Å². The Labute approximate surface area is 145 Å². The van der Waals surface area contributed by atoms with Gasteiger partial charge in [-0.1, -0.05) is 30.3 Å². The molecule has 2 aromatic heterocycles. The van der Waals surface area contributed by atoms with E-state index in [2.05, 4.69) is 76.6 Å². The first kappa shape index (κ1) is 14.1. The van der Waals surface area contributed by atoms with Crippen LogP contribution in [0.15, 0.2) is 77.6 Å². The van der Waals surface area contributed by atoms with Gasteiger partial charge in [-0.25, -0.2) is 4.98 Å². The van der Waals surface area contributed by atoms with Crippen molar-refractivity contribution in [1.82, 2.24) is 4.98 Å². The molecule has 2 aromatic carbocycles. The lowest BCUT2D eigenvalue weighted by atomic mass is 10.1. The molecule has 25 heavy (non-hydrogen) atoms. The number of aromatic nitrogens is 1. The monoisotopic (exact) mass is 327 g/mol. The highest BCUT2D eigenvalue weighted by Crippen LogP contribution is 2.38. The molecule has 1 aliphatic rings. The van der Waals surface area contributed by atoms with E-state index < -0.39 is 0 Å². The number of nitrogens with zero attached hydrogens (tertiary/aromatic N) is 3. The normalized spacial score (nSPS) is 14.1. The molecule has 0 spiro atoms. The van der Waals surface area contributed by atoms with Crippen LogP contribution < -0.4 is 9.80 Å².